The topological polar surface area (TPSA) is 55.8 Å². The Morgan fingerprint density at radius 3 is 2.59 bits per heavy atom. The third-order valence-electron chi connectivity index (χ3n) is 3.48. The molecular weight excluding hydrogens is 225 g/mol. The predicted octanol–water partition coefficient (Wildman–Crippen LogP) is -1.18. The zero-order chi connectivity index (χ0) is 12.3. The second-order valence-electron chi connectivity index (χ2n) is 4.68. The zero-order valence-corrected chi connectivity index (χ0v) is 9.94. The van der Waals surface area contributed by atoms with E-state index in [1.54, 1.807) is 4.90 Å². The molecule has 98 valence electrons. The van der Waals surface area contributed by atoms with Crippen LogP contribution in [0.5, 0.6) is 0 Å². The number of halogens is 1. The Kier molecular flexibility index (Phi) is 4.31. The van der Waals surface area contributed by atoms with E-state index in [0.717, 1.165) is 13.1 Å². The highest BCUT2D eigenvalue weighted by molar-refractivity contribution is 5.82. The molecule has 0 radical (unpaired) electrons. The van der Waals surface area contributed by atoms with Gasteiger partial charge in [0.1, 0.15) is 6.17 Å². The molecule has 0 aromatic rings. The quantitative estimate of drug-likeness (QED) is 0.657. The van der Waals surface area contributed by atoms with Gasteiger partial charge in [-0.2, -0.15) is 0 Å². The molecule has 2 rings (SSSR count). The molecule has 0 aromatic heterocycles. The van der Waals surface area contributed by atoms with Gasteiger partial charge in [-0.05, 0) is 0 Å². The van der Waals surface area contributed by atoms with Crippen LogP contribution in [0.15, 0.2) is 0 Å². The van der Waals surface area contributed by atoms with Crippen molar-refractivity contribution in [3.05, 3.63) is 0 Å². The maximum Gasteiger partial charge on any atom is 0.239 e. The molecule has 2 N–H and O–H groups in total. The molecule has 1 amide bonds. The Labute approximate surface area is 101 Å². The van der Waals surface area contributed by atoms with Crippen molar-refractivity contribution in [2.75, 3.05) is 45.9 Å². The zero-order valence-electron chi connectivity index (χ0n) is 9.94. The molecule has 2 heterocycles. The van der Waals surface area contributed by atoms with E-state index in [4.69, 9.17) is 5.11 Å². The van der Waals surface area contributed by atoms with Crippen LogP contribution in [-0.2, 0) is 4.79 Å². The predicted molar refractivity (Wildman–Crippen MR) is 61.4 cm³/mol. The van der Waals surface area contributed by atoms with E-state index >= 15 is 0 Å². The first-order chi connectivity index (χ1) is 8.20. The first-order valence-electron chi connectivity index (χ1n) is 6.20. The van der Waals surface area contributed by atoms with Gasteiger partial charge in [0.2, 0.25) is 5.91 Å². The van der Waals surface area contributed by atoms with Crippen LogP contribution < -0.4 is 5.32 Å². The second kappa shape index (κ2) is 5.75. The molecule has 2 aliphatic heterocycles. The summed E-state index contributed by atoms with van der Waals surface area (Å²) in [5, 5.41) is 11.7. The maximum absolute atomic E-state index is 13.0. The number of amides is 1. The molecule has 0 unspecified atom stereocenters. The van der Waals surface area contributed by atoms with E-state index in [9.17, 15) is 9.18 Å². The highest BCUT2D eigenvalue weighted by Crippen LogP contribution is 2.13. The number of carbonyl (C=O) groups is 1. The van der Waals surface area contributed by atoms with Gasteiger partial charge in [0.15, 0.2) is 0 Å². The van der Waals surface area contributed by atoms with Crippen molar-refractivity contribution < 1.29 is 14.3 Å². The molecule has 0 aromatic carbocycles. The summed E-state index contributed by atoms with van der Waals surface area (Å²) in [5.41, 5.74) is 0. The lowest BCUT2D eigenvalue weighted by atomic mass is 10.1. The number of aliphatic hydroxyl groups excluding tert-OH is 1. The maximum atomic E-state index is 13.0. The van der Waals surface area contributed by atoms with Crippen LogP contribution in [0.25, 0.3) is 0 Å². The van der Waals surface area contributed by atoms with E-state index in [0.29, 0.717) is 32.6 Å². The smallest absolute Gasteiger partial charge is 0.239 e. The van der Waals surface area contributed by atoms with Crippen LogP contribution in [0.2, 0.25) is 0 Å². The fraction of sp³-hybridized carbons (Fsp3) is 0.909. The standard InChI is InChI=1S/C11H20FN3O2/c12-9-7-10(13-8-9)11(17)15-3-1-14(2-4-15)5-6-16/h9-10,13,16H,1-8H2/t9-,10+/m0/s1. The number of hydrogen-bond donors (Lipinski definition) is 2. The monoisotopic (exact) mass is 245 g/mol. The average molecular weight is 245 g/mol. The first kappa shape index (κ1) is 12.7. The molecule has 0 bridgehead atoms. The van der Waals surface area contributed by atoms with Crippen molar-refractivity contribution >= 4 is 5.91 Å². The molecule has 2 aliphatic rings. The summed E-state index contributed by atoms with van der Waals surface area (Å²) in [4.78, 5) is 16.0. The molecular formula is C11H20FN3O2. The number of nitrogens with one attached hydrogen (secondary N) is 1. The molecule has 0 aliphatic carbocycles. The summed E-state index contributed by atoms with van der Waals surface area (Å²) in [7, 11) is 0. The number of rotatable bonds is 3. The average Bonchev–Trinajstić information content (AvgIpc) is 2.76. The largest absolute Gasteiger partial charge is 0.395 e. The van der Waals surface area contributed by atoms with Crippen molar-refractivity contribution in [3.63, 3.8) is 0 Å². The lowest BCUT2D eigenvalue weighted by molar-refractivity contribution is -0.135. The fourth-order valence-corrected chi connectivity index (χ4v) is 2.43. The number of carbonyl (C=O) groups excluding carboxylic acids is 1. The second-order valence-corrected chi connectivity index (χ2v) is 4.68. The van der Waals surface area contributed by atoms with Gasteiger partial charge in [0.25, 0.3) is 0 Å². The summed E-state index contributed by atoms with van der Waals surface area (Å²) >= 11 is 0. The van der Waals surface area contributed by atoms with Crippen molar-refractivity contribution in [1.29, 1.82) is 0 Å². The Morgan fingerprint density at radius 1 is 1.35 bits per heavy atom. The van der Waals surface area contributed by atoms with Crippen LogP contribution in [0.4, 0.5) is 4.39 Å². The summed E-state index contributed by atoms with van der Waals surface area (Å²) in [6, 6.07) is -0.339. The lowest BCUT2D eigenvalue weighted by Crippen LogP contribution is -2.53. The molecule has 17 heavy (non-hydrogen) atoms. The van der Waals surface area contributed by atoms with Gasteiger partial charge in [-0.1, -0.05) is 0 Å². The normalized spacial score (nSPS) is 30.8. The van der Waals surface area contributed by atoms with Crippen LogP contribution in [-0.4, -0.2) is 78.9 Å². The highest BCUT2D eigenvalue weighted by atomic mass is 19.1. The van der Waals surface area contributed by atoms with Gasteiger partial charge in [-0.25, -0.2) is 4.39 Å². The Bertz CT molecular complexity index is 269. The van der Waals surface area contributed by atoms with Crippen molar-refractivity contribution in [1.82, 2.24) is 15.1 Å². The van der Waals surface area contributed by atoms with E-state index in [1.165, 1.54) is 0 Å². The van der Waals surface area contributed by atoms with Gasteiger partial charge >= 0.3 is 0 Å². The molecule has 2 saturated heterocycles. The number of nitrogens with zero attached hydrogens (tertiary/aromatic N) is 2. The van der Waals surface area contributed by atoms with Crippen molar-refractivity contribution in [2.45, 2.75) is 18.6 Å². The van der Waals surface area contributed by atoms with Gasteiger partial charge < -0.3 is 15.3 Å². The van der Waals surface area contributed by atoms with Crippen molar-refractivity contribution in [2.24, 2.45) is 0 Å². The Hall–Kier alpha value is -0.720. The molecule has 6 heteroatoms. The van der Waals surface area contributed by atoms with E-state index in [-0.39, 0.29) is 18.6 Å². The van der Waals surface area contributed by atoms with Gasteiger partial charge in [-0.15, -0.1) is 0 Å². The third-order valence-corrected chi connectivity index (χ3v) is 3.48. The van der Waals surface area contributed by atoms with Crippen molar-refractivity contribution in [3.8, 4) is 0 Å². The van der Waals surface area contributed by atoms with Gasteiger partial charge in [-0.3, -0.25) is 9.69 Å². The van der Waals surface area contributed by atoms with Crippen LogP contribution in [0, 0.1) is 0 Å². The number of β-amino-alcohol motifs (C(OH)–C–C–N with tert-alkyl or cyclic N) is 1. The molecule has 5 nitrogen and oxygen atoms in total. The minimum absolute atomic E-state index is 0.0220. The molecule has 2 fully saturated rings. The SMILES string of the molecule is O=C([C@H]1C[C@H](F)CN1)N1CCN(CCO)CC1. The summed E-state index contributed by atoms with van der Waals surface area (Å²) in [5.74, 6) is 0.0220. The van der Waals surface area contributed by atoms with E-state index in [2.05, 4.69) is 10.2 Å². The number of piperazine rings is 1. The van der Waals surface area contributed by atoms with Crippen LogP contribution >= 0.6 is 0 Å². The van der Waals surface area contributed by atoms with Crippen LogP contribution in [0.1, 0.15) is 6.42 Å². The minimum Gasteiger partial charge on any atom is -0.395 e. The Balaban J connectivity index is 1.78. The molecule has 0 spiro atoms. The van der Waals surface area contributed by atoms with Crippen LogP contribution in [0.3, 0.4) is 0 Å². The molecule has 0 saturated carbocycles. The third kappa shape index (κ3) is 3.14. The van der Waals surface area contributed by atoms with E-state index in [1.807, 2.05) is 0 Å². The number of aliphatic hydroxyl groups is 1. The highest BCUT2D eigenvalue weighted by Gasteiger charge is 2.33. The van der Waals surface area contributed by atoms with Gasteiger partial charge in [0.05, 0.1) is 12.6 Å². The van der Waals surface area contributed by atoms with E-state index < -0.39 is 6.17 Å². The molecule has 2 atom stereocenters. The number of hydrogen-bond acceptors (Lipinski definition) is 4. The minimum atomic E-state index is -0.889. The fourth-order valence-electron chi connectivity index (χ4n) is 2.43. The summed E-state index contributed by atoms with van der Waals surface area (Å²) in [6.07, 6.45) is -0.588. The summed E-state index contributed by atoms with van der Waals surface area (Å²) < 4.78 is 13.0. The summed E-state index contributed by atoms with van der Waals surface area (Å²) in [6.45, 7) is 4.04. The van der Waals surface area contributed by atoms with Gasteiger partial charge in [0, 0.05) is 45.7 Å². The number of alkyl halides is 1. The Morgan fingerprint density at radius 2 is 2.06 bits per heavy atom. The first-order valence-corrected chi connectivity index (χ1v) is 6.20. The lowest BCUT2D eigenvalue weighted by Gasteiger charge is -2.35.